The molecule has 0 bridgehead atoms. The highest BCUT2D eigenvalue weighted by molar-refractivity contribution is 7.15. The van der Waals surface area contributed by atoms with E-state index in [1.165, 1.54) is 24.5 Å². The number of hydrogen-bond acceptors (Lipinski definition) is 4. The molecule has 1 heterocycles. The van der Waals surface area contributed by atoms with Crippen LogP contribution in [0.15, 0.2) is 18.2 Å². The Balaban J connectivity index is 2.56. The van der Waals surface area contributed by atoms with Crippen LogP contribution >= 0.6 is 11.3 Å². The lowest BCUT2D eigenvalue weighted by Crippen LogP contribution is -2.03. The molecule has 0 unspecified atom stereocenters. The van der Waals surface area contributed by atoms with E-state index in [1.54, 1.807) is 26.0 Å². The van der Waals surface area contributed by atoms with Gasteiger partial charge in [-0.15, -0.1) is 11.3 Å². The maximum absolute atomic E-state index is 13.6. The van der Waals surface area contributed by atoms with Gasteiger partial charge in [0.1, 0.15) is 5.82 Å². The molecule has 2 aromatic rings. The number of carbonyl (C=O) groups is 1. The molecular weight excluding hydrogens is 253 g/mol. The first-order valence-corrected chi connectivity index (χ1v) is 6.17. The first-order valence-electron chi connectivity index (χ1n) is 5.35. The lowest BCUT2D eigenvalue weighted by Gasteiger charge is -2.02. The molecule has 0 saturated heterocycles. The molecule has 0 spiro atoms. The van der Waals surface area contributed by atoms with Crippen LogP contribution in [0.1, 0.15) is 21.1 Å². The highest BCUT2D eigenvalue weighted by atomic mass is 32.1. The van der Waals surface area contributed by atoms with Crippen molar-refractivity contribution < 1.29 is 13.9 Å². The molecule has 1 aromatic carbocycles. The van der Waals surface area contributed by atoms with E-state index in [9.17, 15) is 9.18 Å². The van der Waals surface area contributed by atoms with Crippen LogP contribution in [0.4, 0.5) is 4.39 Å². The fourth-order valence-electron chi connectivity index (χ4n) is 1.59. The van der Waals surface area contributed by atoms with Crippen LogP contribution in [-0.4, -0.2) is 18.1 Å². The zero-order valence-corrected chi connectivity index (χ0v) is 11.1. The van der Waals surface area contributed by atoms with Crippen molar-refractivity contribution in [3.63, 3.8) is 0 Å². The zero-order valence-electron chi connectivity index (χ0n) is 10.3. The molecule has 5 heteroatoms. The topological polar surface area (TPSA) is 39.2 Å². The van der Waals surface area contributed by atoms with Crippen molar-refractivity contribution in [2.45, 2.75) is 13.8 Å². The second-order valence-electron chi connectivity index (χ2n) is 3.87. The predicted octanol–water partition coefficient (Wildman–Crippen LogP) is 3.35. The molecule has 94 valence electrons. The van der Waals surface area contributed by atoms with Gasteiger partial charge in [-0.1, -0.05) is 12.1 Å². The summed E-state index contributed by atoms with van der Waals surface area (Å²) >= 11 is 1.35. The van der Waals surface area contributed by atoms with E-state index in [2.05, 4.69) is 9.72 Å². The number of aromatic nitrogens is 1. The molecule has 0 fully saturated rings. The first kappa shape index (κ1) is 12.7. The minimum absolute atomic E-state index is 0.239. The molecule has 0 aliphatic carbocycles. The minimum atomic E-state index is -0.504. The molecular formula is C13H12FNO2S. The molecule has 0 aliphatic heterocycles. The van der Waals surface area contributed by atoms with Gasteiger partial charge in [0, 0.05) is 0 Å². The highest BCUT2D eigenvalue weighted by Crippen LogP contribution is 2.31. The summed E-state index contributed by atoms with van der Waals surface area (Å²) < 4.78 is 18.2. The van der Waals surface area contributed by atoms with E-state index >= 15 is 0 Å². The Hall–Kier alpha value is -1.75. The number of rotatable bonds is 2. The maximum Gasteiger partial charge on any atom is 0.358 e. The van der Waals surface area contributed by atoms with Gasteiger partial charge in [-0.2, -0.15) is 0 Å². The third kappa shape index (κ3) is 2.26. The van der Waals surface area contributed by atoms with Crippen molar-refractivity contribution in [1.82, 2.24) is 4.98 Å². The number of ether oxygens (including phenoxy) is 1. The van der Waals surface area contributed by atoms with Crippen LogP contribution in [0.3, 0.4) is 0 Å². The first-order chi connectivity index (χ1) is 8.52. The predicted molar refractivity (Wildman–Crippen MR) is 68.3 cm³/mol. The van der Waals surface area contributed by atoms with Crippen molar-refractivity contribution in [1.29, 1.82) is 0 Å². The van der Waals surface area contributed by atoms with Crippen LogP contribution in [0.5, 0.6) is 0 Å². The van der Waals surface area contributed by atoms with Crippen molar-refractivity contribution >= 4 is 17.3 Å². The molecule has 2 rings (SSSR count). The third-order valence-corrected chi connectivity index (χ3v) is 3.57. The van der Waals surface area contributed by atoms with Crippen LogP contribution in [0.25, 0.3) is 10.4 Å². The molecule has 0 N–H and O–H groups in total. The average molecular weight is 265 g/mol. The normalized spacial score (nSPS) is 10.4. The van der Waals surface area contributed by atoms with E-state index in [-0.39, 0.29) is 11.5 Å². The van der Waals surface area contributed by atoms with Crippen LogP contribution in [-0.2, 0) is 4.74 Å². The van der Waals surface area contributed by atoms with Crippen molar-refractivity contribution in [3.05, 3.63) is 40.3 Å². The summed E-state index contributed by atoms with van der Waals surface area (Å²) in [5.41, 5.74) is 1.45. The highest BCUT2D eigenvalue weighted by Gasteiger charge is 2.19. The van der Waals surface area contributed by atoms with Gasteiger partial charge in [0.25, 0.3) is 0 Å². The lowest BCUT2D eigenvalue weighted by molar-refractivity contribution is 0.0595. The molecule has 0 radical (unpaired) electrons. The average Bonchev–Trinajstić information content (AvgIpc) is 2.74. The van der Waals surface area contributed by atoms with Crippen molar-refractivity contribution in [2.75, 3.05) is 7.11 Å². The number of benzene rings is 1. The van der Waals surface area contributed by atoms with Gasteiger partial charge in [0.15, 0.2) is 5.69 Å². The second-order valence-corrected chi connectivity index (χ2v) is 5.07. The maximum atomic E-state index is 13.6. The van der Waals surface area contributed by atoms with Gasteiger partial charge < -0.3 is 4.74 Å². The number of halogens is 1. The van der Waals surface area contributed by atoms with Crippen molar-refractivity contribution in [2.24, 2.45) is 0 Å². The Bertz CT molecular complexity index is 607. The van der Waals surface area contributed by atoms with E-state index in [0.29, 0.717) is 16.0 Å². The van der Waals surface area contributed by atoms with E-state index in [0.717, 1.165) is 5.01 Å². The number of hydrogen-bond donors (Lipinski definition) is 0. The molecule has 0 amide bonds. The Morgan fingerprint density at radius 3 is 2.72 bits per heavy atom. The fourth-order valence-corrected chi connectivity index (χ4v) is 2.49. The van der Waals surface area contributed by atoms with Gasteiger partial charge in [0.05, 0.1) is 17.0 Å². The summed E-state index contributed by atoms with van der Waals surface area (Å²) in [4.78, 5) is 16.4. The van der Waals surface area contributed by atoms with E-state index in [1.807, 2.05) is 0 Å². The monoisotopic (exact) mass is 265 g/mol. The summed E-state index contributed by atoms with van der Waals surface area (Å²) in [6, 6.07) is 4.87. The Labute approximate surface area is 108 Å². The van der Waals surface area contributed by atoms with Crippen LogP contribution < -0.4 is 0 Å². The van der Waals surface area contributed by atoms with Crippen molar-refractivity contribution in [3.8, 4) is 10.4 Å². The van der Waals surface area contributed by atoms with Gasteiger partial charge in [0.2, 0.25) is 0 Å². The summed E-state index contributed by atoms with van der Waals surface area (Å²) in [6.07, 6.45) is 0. The third-order valence-electron chi connectivity index (χ3n) is 2.55. The minimum Gasteiger partial charge on any atom is -0.464 e. The summed E-state index contributed by atoms with van der Waals surface area (Å²) in [6.45, 7) is 3.49. The fraction of sp³-hybridized carbons (Fsp3) is 0.231. The number of aryl methyl sites for hydroxylation is 2. The van der Waals surface area contributed by atoms with Gasteiger partial charge in [-0.05, 0) is 31.0 Å². The van der Waals surface area contributed by atoms with Crippen LogP contribution in [0.2, 0.25) is 0 Å². The van der Waals surface area contributed by atoms with Gasteiger partial charge in [-0.3, -0.25) is 0 Å². The van der Waals surface area contributed by atoms with Gasteiger partial charge >= 0.3 is 5.97 Å². The Morgan fingerprint density at radius 1 is 1.39 bits per heavy atom. The van der Waals surface area contributed by atoms with Gasteiger partial charge in [-0.25, -0.2) is 14.2 Å². The largest absolute Gasteiger partial charge is 0.464 e. The quantitative estimate of drug-likeness (QED) is 0.782. The Morgan fingerprint density at radius 2 is 2.11 bits per heavy atom. The molecule has 18 heavy (non-hydrogen) atoms. The van der Waals surface area contributed by atoms with E-state index in [4.69, 9.17) is 0 Å². The number of methoxy groups -OCH3 is 1. The number of thiazole rings is 1. The SMILES string of the molecule is COC(=O)c1nc(C)sc1-c1ccc(C)c(F)c1. The smallest absolute Gasteiger partial charge is 0.358 e. The molecule has 0 saturated carbocycles. The van der Waals surface area contributed by atoms with E-state index < -0.39 is 5.97 Å². The lowest BCUT2D eigenvalue weighted by atomic mass is 10.1. The molecule has 3 nitrogen and oxygen atoms in total. The summed E-state index contributed by atoms with van der Waals surface area (Å²) in [5, 5.41) is 0.742. The number of nitrogens with zero attached hydrogens (tertiary/aromatic N) is 1. The van der Waals surface area contributed by atoms with Crippen LogP contribution in [0, 0.1) is 19.7 Å². The standard InChI is InChI=1S/C13H12FNO2S/c1-7-4-5-9(6-10(7)14)12-11(13(16)17-3)15-8(2)18-12/h4-6H,1-3H3. The molecule has 1 aromatic heterocycles. The molecule has 0 aliphatic rings. The zero-order chi connectivity index (χ0) is 13.3. The second kappa shape index (κ2) is 4.86. The Kier molecular flexibility index (Phi) is 3.43. The summed E-state index contributed by atoms with van der Waals surface area (Å²) in [5.74, 6) is -0.801. The summed E-state index contributed by atoms with van der Waals surface area (Å²) in [7, 11) is 1.30. The number of esters is 1. The molecule has 0 atom stereocenters. The number of carbonyl (C=O) groups excluding carboxylic acids is 1.